The summed E-state index contributed by atoms with van der Waals surface area (Å²) in [6.45, 7) is 6.03. The molecule has 2 rings (SSSR count). The van der Waals surface area contributed by atoms with E-state index in [0.29, 0.717) is 17.1 Å². The number of aryl methyl sites for hydroxylation is 2. The van der Waals surface area contributed by atoms with Gasteiger partial charge in [0, 0.05) is 16.7 Å². The van der Waals surface area contributed by atoms with Crippen LogP contribution >= 0.6 is 0 Å². The Morgan fingerprint density at radius 2 is 1.48 bits per heavy atom. The summed E-state index contributed by atoms with van der Waals surface area (Å²) in [5, 5.41) is 39.3. The van der Waals surface area contributed by atoms with Crippen LogP contribution < -0.4 is 0 Å². The smallest absolute Gasteiger partial charge is 0.187 e. The summed E-state index contributed by atoms with van der Waals surface area (Å²) in [4.78, 5) is 0. The fourth-order valence-electron chi connectivity index (χ4n) is 2.36. The van der Waals surface area contributed by atoms with Crippen LogP contribution in [-0.4, -0.2) is 20.4 Å². The Bertz CT molecular complexity index is 656. The maximum absolute atomic E-state index is 9.98. The first-order chi connectivity index (χ1) is 9.50. The van der Waals surface area contributed by atoms with Gasteiger partial charge in [0.2, 0.25) is 0 Å². The van der Waals surface area contributed by atoms with Crippen molar-refractivity contribution in [2.24, 2.45) is 0 Å². The first kappa shape index (κ1) is 15.7. The Balaban J connectivity index is 2.70. The highest BCUT2D eigenvalue weighted by molar-refractivity contribution is 5.71. The topological polar surface area (TPSA) is 94.1 Å². The van der Waals surface area contributed by atoms with E-state index in [1.165, 1.54) is 26.0 Å². The fraction of sp³-hybridized carbons (Fsp3) is 0.375. The molecule has 0 amide bonds. The minimum absolute atomic E-state index is 0.174. The van der Waals surface area contributed by atoms with Crippen molar-refractivity contribution in [2.45, 2.75) is 39.3 Å². The van der Waals surface area contributed by atoms with Crippen molar-refractivity contribution in [1.82, 2.24) is 0 Å². The van der Waals surface area contributed by atoms with Crippen LogP contribution in [0.5, 0.6) is 0 Å². The molecule has 0 aliphatic rings. The average molecular weight is 292 g/mol. The van der Waals surface area contributed by atoms with E-state index in [-0.39, 0.29) is 11.1 Å². The summed E-state index contributed by atoms with van der Waals surface area (Å²) >= 11 is 0. The third kappa shape index (κ3) is 3.16. The van der Waals surface area contributed by atoms with E-state index in [4.69, 9.17) is 4.42 Å². The van der Waals surface area contributed by atoms with Crippen molar-refractivity contribution in [3.05, 3.63) is 46.9 Å². The van der Waals surface area contributed by atoms with E-state index < -0.39 is 11.6 Å². The van der Waals surface area contributed by atoms with Crippen LogP contribution in [0.2, 0.25) is 0 Å². The number of aliphatic hydroxyl groups is 4. The van der Waals surface area contributed by atoms with Gasteiger partial charge in [0.1, 0.15) is 11.5 Å². The number of hydrogen-bond donors (Lipinski definition) is 4. The predicted molar refractivity (Wildman–Crippen MR) is 77.2 cm³/mol. The standard InChI is InChI=1S/C16H20O5/c1-9-7-13(10(2)21-9)12-6-5-11(15(3,17)18)8-14(12)16(4,19)20/h5-8,17-20H,1-4H3. The van der Waals surface area contributed by atoms with Gasteiger partial charge in [0.25, 0.3) is 0 Å². The predicted octanol–water partition coefficient (Wildman–Crippen LogP) is 1.88. The maximum atomic E-state index is 9.98. The van der Waals surface area contributed by atoms with Crippen LogP contribution in [-0.2, 0) is 11.6 Å². The first-order valence-corrected chi connectivity index (χ1v) is 6.62. The Morgan fingerprint density at radius 1 is 0.857 bits per heavy atom. The Labute approximate surface area is 123 Å². The lowest BCUT2D eigenvalue weighted by Crippen LogP contribution is -2.24. The lowest BCUT2D eigenvalue weighted by molar-refractivity contribution is -0.157. The summed E-state index contributed by atoms with van der Waals surface area (Å²) < 4.78 is 5.47. The quantitative estimate of drug-likeness (QED) is 0.648. The molecule has 0 spiro atoms. The molecule has 0 saturated heterocycles. The zero-order valence-electron chi connectivity index (χ0n) is 12.5. The van der Waals surface area contributed by atoms with E-state index in [1.807, 2.05) is 0 Å². The molecule has 0 aliphatic heterocycles. The van der Waals surface area contributed by atoms with E-state index in [2.05, 4.69) is 0 Å². The molecule has 1 aromatic heterocycles. The van der Waals surface area contributed by atoms with Gasteiger partial charge < -0.3 is 24.8 Å². The van der Waals surface area contributed by atoms with Crippen molar-refractivity contribution in [2.75, 3.05) is 0 Å². The molecule has 0 fully saturated rings. The number of hydrogen-bond acceptors (Lipinski definition) is 5. The molecule has 5 heteroatoms. The zero-order valence-corrected chi connectivity index (χ0v) is 12.5. The Morgan fingerprint density at radius 3 is 1.90 bits per heavy atom. The van der Waals surface area contributed by atoms with Crippen molar-refractivity contribution in [3.8, 4) is 11.1 Å². The molecule has 2 aromatic rings. The second kappa shape index (κ2) is 4.96. The fourth-order valence-corrected chi connectivity index (χ4v) is 2.36. The van der Waals surface area contributed by atoms with E-state index in [0.717, 1.165) is 5.56 Å². The van der Waals surface area contributed by atoms with Crippen molar-refractivity contribution in [3.63, 3.8) is 0 Å². The van der Waals surface area contributed by atoms with Crippen molar-refractivity contribution < 1.29 is 24.8 Å². The minimum Gasteiger partial charge on any atom is -0.466 e. The molecular formula is C16H20O5. The van der Waals surface area contributed by atoms with Gasteiger partial charge >= 0.3 is 0 Å². The molecule has 1 aromatic carbocycles. The lowest BCUT2D eigenvalue weighted by atomic mass is 9.91. The van der Waals surface area contributed by atoms with Crippen molar-refractivity contribution >= 4 is 0 Å². The zero-order chi connectivity index (χ0) is 16.0. The largest absolute Gasteiger partial charge is 0.466 e. The van der Waals surface area contributed by atoms with E-state index >= 15 is 0 Å². The summed E-state index contributed by atoms with van der Waals surface area (Å²) in [7, 11) is 0. The molecular weight excluding hydrogens is 272 g/mol. The van der Waals surface area contributed by atoms with Gasteiger partial charge in [-0.05, 0) is 45.4 Å². The SMILES string of the molecule is Cc1cc(-c2ccc(C(C)(O)O)cc2C(C)(O)O)c(C)o1. The highest BCUT2D eigenvalue weighted by atomic mass is 16.5. The van der Waals surface area contributed by atoms with Gasteiger partial charge in [-0.2, -0.15) is 0 Å². The van der Waals surface area contributed by atoms with Crippen LogP contribution in [0, 0.1) is 13.8 Å². The molecule has 0 atom stereocenters. The van der Waals surface area contributed by atoms with Crippen LogP contribution in [0.25, 0.3) is 11.1 Å². The second-order valence-electron chi connectivity index (χ2n) is 5.63. The average Bonchev–Trinajstić information content (AvgIpc) is 2.65. The van der Waals surface area contributed by atoms with Gasteiger partial charge in [-0.1, -0.05) is 12.1 Å². The molecule has 21 heavy (non-hydrogen) atoms. The minimum atomic E-state index is -2.12. The molecule has 0 saturated carbocycles. The molecule has 114 valence electrons. The van der Waals surface area contributed by atoms with Crippen LogP contribution in [0.1, 0.15) is 36.5 Å². The monoisotopic (exact) mass is 292 g/mol. The lowest BCUT2D eigenvalue weighted by Gasteiger charge is -2.24. The third-order valence-corrected chi connectivity index (χ3v) is 3.41. The molecule has 0 aliphatic carbocycles. The Kier molecular flexibility index (Phi) is 3.71. The van der Waals surface area contributed by atoms with Crippen molar-refractivity contribution in [1.29, 1.82) is 0 Å². The van der Waals surface area contributed by atoms with Gasteiger partial charge in [-0.3, -0.25) is 0 Å². The maximum Gasteiger partial charge on any atom is 0.187 e. The first-order valence-electron chi connectivity index (χ1n) is 6.62. The van der Waals surface area contributed by atoms with Gasteiger partial charge in [-0.15, -0.1) is 0 Å². The summed E-state index contributed by atoms with van der Waals surface area (Å²) in [5.41, 5.74) is 1.66. The number of benzene rings is 1. The summed E-state index contributed by atoms with van der Waals surface area (Å²) in [6.07, 6.45) is 0. The molecule has 0 unspecified atom stereocenters. The highest BCUT2D eigenvalue weighted by Crippen LogP contribution is 2.36. The highest BCUT2D eigenvalue weighted by Gasteiger charge is 2.28. The van der Waals surface area contributed by atoms with E-state index in [9.17, 15) is 20.4 Å². The van der Waals surface area contributed by atoms with E-state index in [1.54, 1.807) is 26.0 Å². The van der Waals surface area contributed by atoms with Gasteiger partial charge in [0.05, 0.1) is 0 Å². The summed E-state index contributed by atoms with van der Waals surface area (Å²) in [6, 6.07) is 6.33. The van der Waals surface area contributed by atoms with Crippen LogP contribution in [0.3, 0.4) is 0 Å². The van der Waals surface area contributed by atoms with Gasteiger partial charge in [-0.25, -0.2) is 0 Å². The number of rotatable bonds is 3. The van der Waals surface area contributed by atoms with Crippen LogP contribution in [0.4, 0.5) is 0 Å². The normalized spacial score (nSPS) is 12.8. The molecule has 0 bridgehead atoms. The van der Waals surface area contributed by atoms with Crippen LogP contribution in [0.15, 0.2) is 28.7 Å². The van der Waals surface area contributed by atoms with Gasteiger partial charge in [0.15, 0.2) is 11.6 Å². The molecule has 4 N–H and O–H groups in total. The third-order valence-electron chi connectivity index (χ3n) is 3.41. The number of furan rings is 1. The molecule has 5 nitrogen and oxygen atoms in total. The second-order valence-corrected chi connectivity index (χ2v) is 5.63. The molecule has 0 radical (unpaired) electrons. The summed E-state index contributed by atoms with van der Waals surface area (Å²) in [5.74, 6) is -2.81. The Hall–Kier alpha value is -1.66. The molecule has 1 heterocycles.